The number of H-pyrrole nitrogens is 1. The van der Waals surface area contributed by atoms with Gasteiger partial charge in [0.1, 0.15) is 5.82 Å². The molecule has 0 atom stereocenters. The maximum atomic E-state index is 7.05. The van der Waals surface area contributed by atoms with E-state index in [2.05, 4.69) is 10.3 Å². The van der Waals surface area contributed by atoms with Gasteiger partial charge >= 0.3 is 0 Å². The minimum Gasteiger partial charge on any atom is -0.370 e. The van der Waals surface area contributed by atoms with E-state index in [-0.39, 0.29) is 5.96 Å². The normalized spacial score (nSPS) is 10.2. The number of para-hydroxylation sites is 1. The molecular formula is C9H10N4. The summed E-state index contributed by atoms with van der Waals surface area (Å²) >= 11 is 0. The van der Waals surface area contributed by atoms with Gasteiger partial charge in [-0.2, -0.15) is 0 Å². The smallest absolute Gasteiger partial charge is 0.191 e. The first-order valence-electron chi connectivity index (χ1n) is 3.94. The van der Waals surface area contributed by atoms with E-state index in [1.807, 2.05) is 30.3 Å². The van der Waals surface area contributed by atoms with E-state index in [4.69, 9.17) is 11.1 Å². The Bertz CT molecular complexity index is 411. The number of anilines is 1. The first kappa shape index (κ1) is 7.67. The molecule has 0 unspecified atom stereocenters. The van der Waals surface area contributed by atoms with Crippen molar-refractivity contribution in [1.82, 2.24) is 4.98 Å². The van der Waals surface area contributed by atoms with Gasteiger partial charge in [-0.3, -0.25) is 5.41 Å². The standard InChI is InChI=1S/C9H10N4/c10-9(11)13-8-5-6-3-1-2-4-7(6)12-8/h1-5,12H,(H4,10,11,13). The largest absolute Gasteiger partial charge is 0.370 e. The van der Waals surface area contributed by atoms with Crippen molar-refractivity contribution in [3.63, 3.8) is 0 Å². The Morgan fingerprint density at radius 3 is 2.85 bits per heavy atom. The molecule has 66 valence electrons. The van der Waals surface area contributed by atoms with Crippen LogP contribution in [0, 0.1) is 5.41 Å². The average molecular weight is 174 g/mol. The summed E-state index contributed by atoms with van der Waals surface area (Å²) in [7, 11) is 0. The summed E-state index contributed by atoms with van der Waals surface area (Å²) in [6.45, 7) is 0. The van der Waals surface area contributed by atoms with Crippen molar-refractivity contribution in [3.8, 4) is 0 Å². The van der Waals surface area contributed by atoms with E-state index < -0.39 is 0 Å². The number of benzene rings is 1. The predicted molar refractivity (Wildman–Crippen MR) is 53.8 cm³/mol. The molecule has 0 spiro atoms. The lowest BCUT2D eigenvalue weighted by Gasteiger charge is -1.97. The summed E-state index contributed by atoms with van der Waals surface area (Å²) in [6.07, 6.45) is 0. The first-order valence-corrected chi connectivity index (χ1v) is 3.94. The fourth-order valence-corrected chi connectivity index (χ4v) is 1.29. The van der Waals surface area contributed by atoms with Gasteiger partial charge in [0, 0.05) is 10.9 Å². The number of aromatic nitrogens is 1. The fourth-order valence-electron chi connectivity index (χ4n) is 1.29. The molecule has 2 aromatic rings. The van der Waals surface area contributed by atoms with E-state index in [0.717, 1.165) is 16.7 Å². The van der Waals surface area contributed by atoms with Crippen LogP contribution in [0.15, 0.2) is 30.3 Å². The van der Waals surface area contributed by atoms with Crippen molar-refractivity contribution in [2.45, 2.75) is 0 Å². The van der Waals surface area contributed by atoms with Gasteiger partial charge in [0.15, 0.2) is 5.96 Å². The van der Waals surface area contributed by atoms with Crippen LogP contribution in [0.1, 0.15) is 0 Å². The molecule has 0 bridgehead atoms. The molecule has 13 heavy (non-hydrogen) atoms. The molecule has 0 amide bonds. The van der Waals surface area contributed by atoms with Crippen LogP contribution in [-0.4, -0.2) is 10.9 Å². The summed E-state index contributed by atoms with van der Waals surface area (Å²) in [5.74, 6) is 0.681. The number of aromatic amines is 1. The summed E-state index contributed by atoms with van der Waals surface area (Å²) in [5, 5.41) is 10.9. The van der Waals surface area contributed by atoms with Crippen LogP contribution in [0.25, 0.3) is 10.9 Å². The predicted octanol–water partition coefficient (Wildman–Crippen LogP) is 1.47. The highest BCUT2D eigenvalue weighted by atomic mass is 15.1. The van der Waals surface area contributed by atoms with Crippen LogP contribution >= 0.6 is 0 Å². The van der Waals surface area contributed by atoms with Crippen LogP contribution in [-0.2, 0) is 0 Å². The van der Waals surface area contributed by atoms with Gasteiger partial charge in [0.2, 0.25) is 0 Å². The van der Waals surface area contributed by atoms with Gasteiger partial charge in [0.05, 0.1) is 0 Å². The highest BCUT2D eigenvalue weighted by Gasteiger charge is 1.98. The van der Waals surface area contributed by atoms with Crippen molar-refractivity contribution in [1.29, 1.82) is 5.41 Å². The topological polar surface area (TPSA) is 77.7 Å². The minimum absolute atomic E-state index is 0.0634. The Kier molecular flexibility index (Phi) is 1.66. The summed E-state index contributed by atoms with van der Waals surface area (Å²) < 4.78 is 0. The molecule has 0 fully saturated rings. The molecule has 1 heterocycles. The molecule has 2 rings (SSSR count). The lowest BCUT2D eigenvalue weighted by atomic mass is 10.2. The third-order valence-corrected chi connectivity index (χ3v) is 1.80. The second kappa shape index (κ2) is 2.82. The van der Waals surface area contributed by atoms with Crippen LogP contribution in [0.5, 0.6) is 0 Å². The number of nitrogens with one attached hydrogen (secondary N) is 3. The Morgan fingerprint density at radius 2 is 2.15 bits per heavy atom. The number of fused-ring (bicyclic) bond motifs is 1. The molecule has 5 N–H and O–H groups in total. The molecule has 4 heteroatoms. The molecule has 0 aliphatic heterocycles. The second-order valence-corrected chi connectivity index (χ2v) is 2.81. The number of rotatable bonds is 1. The second-order valence-electron chi connectivity index (χ2n) is 2.81. The third kappa shape index (κ3) is 1.46. The SMILES string of the molecule is N=C(N)Nc1cc2ccccc2[nH]1. The molecule has 0 aliphatic carbocycles. The Morgan fingerprint density at radius 1 is 1.38 bits per heavy atom. The van der Waals surface area contributed by atoms with Gasteiger partial charge in [-0.25, -0.2) is 0 Å². The van der Waals surface area contributed by atoms with Gasteiger partial charge in [-0.15, -0.1) is 0 Å². The van der Waals surface area contributed by atoms with E-state index in [0.29, 0.717) is 0 Å². The molecular weight excluding hydrogens is 164 g/mol. The number of guanidine groups is 1. The third-order valence-electron chi connectivity index (χ3n) is 1.80. The molecule has 0 saturated carbocycles. The molecule has 0 radical (unpaired) electrons. The van der Waals surface area contributed by atoms with E-state index in [9.17, 15) is 0 Å². The molecule has 0 saturated heterocycles. The molecule has 1 aromatic carbocycles. The van der Waals surface area contributed by atoms with E-state index in [1.54, 1.807) is 0 Å². The number of nitrogens with two attached hydrogens (primary N) is 1. The summed E-state index contributed by atoms with van der Waals surface area (Å²) in [5.41, 5.74) is 6.23. The minimum atomic E-state index is -0.0634. The van der Waals surface area contributed by atoms with Gasteiger partial charge in [-0.1, -0.05) is 18.2 Å². The molecule has 0 aliphatic rings. The van der Waals surface area contributed by atoms with Crippen molar-refractivity contribution < 1.29 is 0 Å². The Balaban J connectivity index is 2.44. The van der Waals surface area contributed by atoms with Crippen LogP contribution in [0.3, 0.4) is 0 Å². The zero-order valence-corrected chi connectivity index (χ0v) is 6.96. The van der Waals surface area contributed by atoms with Gasteiger partial charge in [0.25, 0.3) is 0 Å². The first-order chi connectivity index (χ1) is 6.25. The highest BCUT2D eigenvalue weighted by molar-refractivity contribution is 5.93. The van der Waals surface area contributed by atoms with Crippen LogP contribution in [0.2, 0.25) is 0 Å². The van der Waals surface area contributed by atoms with Crippen molar-refractivity contribution >= 4 is 22.7 Å². The van der Waals surface area contributed by atoms with Crippen molar-refractivity contribution in [3.05, 3.63) is 30.3 Å². The van der Waals surface area contributed by atoms with E-state index >= 15 is 0 Å². The summed E-state index contributed by atoms with van der Waals surface area (Å²) in [6, 6.07) is 9.80. The lowest BCUT2D eigenvalue weighted by molar-refractivity contribution is 1.37. The molecule has 4 nitrogen and oxygen atoms in total. The maximum Gasteiger partial charge on any atom is 0.191 e. The Labute approximate surface area is 75.3 Å². The zero-order chi connectivity index (χ0) is 9.26. The summed E-state index contributed by atoms with van der Waals surface area (Å²) in [4.78, 5) is 3.09. The zero-order valence-electron chi connectivity index (χ0n) is 6.96. The molecule has 1 aromatic heterocycles. The lowest BCUT2D eigenvalue weighted by Crippen LogP contribution is -2.20. The maximum absolute atomic E-state index is 7.05. The quantitative estimate of drug-likeness (QED) is 0.390. The van der Waals surface area contributed by atoms with Gasteiger partial charge < -0.3 is 16.0 Å². The number of hydrogen-bond acceptors (Lipinski definition) is 1. The van der Waals surface area contributed by atoms with Crippen molar-refractivity contribution in [2.24, 2.45) is 5.73 Å². The van der Waals surface area contributed by atoms with E-state index in [1.165, 1.54) is 0 Å². The van der Waals surface area contributed by atoms with Crippen molar-refractivity contribution in [2.75, 3.05) is 5.32 Å². The Hall–Kier alpha value is -1.97. The fraction of sp³-hybridized carbons (Fsp3) is 0. The van der Waals surface area contributed by atoms with Crippen LogP contribution < -0.4 is 11.1 Å². The van der Waals surface area contributed by atoms with Crippen LogP contribution in [0.4, 0.5) is 5.82 Å². The highest BCUT2D eigenvalue weighted by Crippen LogP contribution is 2.17. The number of hydrogen-bond donors (Lipinski definition) is 4. The average Bonchev–Trinajstić information content (AvgIpc) is 2.44. The van der Waals surface area contributed by atoms with Gasteiger partial charge in [-0.05, 0) is 12.1 Å². The monoisotopic (exact) mass is 174 g/mol.